The molecule has 0 aromatic carbocycles. The molecule has 1 amide bonds. The Labute approximate surface area is 107 Å². The Hall–Kier alpha value is -1.58. The van der Waals surface area contributed by atoms with Gasteiger partial charge in [0.2, 0.25) is 5.91 Å². The second-order valence-corrected chi connectivity index (χ2v) is 5.09. The molecule has 4 nitrogen and oxygen atoms in total. The molecule has 0 heterocycles. The van der Waals surface area contributed by atoms with Gasteiger partial charge in [-0.1, -0.05) is 24.3 Å². The topological polar surface area (TPSA) is 66.4 Å². The first-order chi connectivity index (χ1) is 8.61. The molecule has 2 N–H and O–H groups in total. The minimum Gasteiger partial charge on any atom is -0.480 e. The summed E-state index contributed by atoms with van der Waals surface area (Å²) in [5.74, 6) is -0.285. The van der Waals surface area contributed by atoms with Crippen molar-refractivity contribution in [2.45, 2.75) is 32.2 Å². The summed E-state index contributed by atoms with van der Waals surface area (Å²) in [6.07, 6.45) is 10.1. The molecule has 0 saturated heterocycles. The van der Waals surface area contributed by atoms with Gasteiger partial charge in [-0.05, 0) is 38.0 Å². The van der Waals surface area contributed by atoms with E-state index in [2.05, 4.69) is 17.5 Å². The number of aliphatic carboxylic acids is 1. The number of rotatable bonds is 5. The Morgan fingerprint density at radius 3 is 2.72 bits per heavy atom. The van der Waals surface area contributed by atoms with Crippen LogP contribution in [0.3, 0.4) is 0 Å². The van der Waals surface area contributed by atoms with Crippen molar-refractivity contribution in [3.63, 3.8) is 0 Å². The average Bonchev–Trinajstić information content (AvgIpc) is 2.95. The minimum atomic E-state index is -0.972. The summed E-state index contributed by atoms with van der Waals surface area (Å²) < 4.78 is 0. The van der Waals surface area contributed by atoms with E-state index in [0.717, 1.165) is 12.8 Å². The molecule has 98 valence electrons. The molecule has 2 aliphatic rings. The number of carbonyl (C=O) groups is 2. The maximum absolute atomic E-state index is 12.1. The van der Waals surface area contributed by atoms with Crippen LogP contribution in [0.15, 0.2) is 24.3 Å². The lowest BCUT2D eigenvalue weighted by Gasteiger charge is -2.20. The first-order valence-electron chi connectivity index (χ1n) is 6.44. The number of carboxylic acid groups (broad SMARTS) is 1. The predicted molar refractivity (Wildman–Crippen MR) is 67.8 cm³/mol. The molecule has 1 fully saturated rings. The molecule has 1 saturated carbocycles. The molecule has 0 aromatic rings. The van der Waals surface area contributed by atoms with Gasteiger partial charge in [0, 0.05) is 5.92 Å². The van der Waals surface area contributed by atoms with E-state index in [-0.39, 0.29) is 11.8 Å². The molecule has 4 unspecified atom stereocenters. The lowest BCUT2D eigenvalue weighted by Crippen LogP contribution is -2.44. The predicted octanol–water partition coefficient (Wildman–Crippen LogP) is 1.73. The van der Waals surface area contributed by atoms with Crippen molar-refractivity contribution < 1.29 is 14.7 Å². The Morgan fingerprint density at radius 2 is 2.22 bits per heavy atom. The van der Waals surface area contributed by atoms with Crippen molar-refractivity contribution in [2.75, 3.05) is 0 Å². The molecule has 4 heteroatoms. The van der Waals surface area contributed by atoms with Gasteiger partial charge >= 0.3 is 5.97 Å². The average molecular weight is 249 g/mol. The fourth-order valence-electron chi connectivity index (χ4n) is 2.85. The quantitative estimate of drug-likeness (QED) is 0.729. The van der Waals surface area contributed by atoms with E-state index in [1.807, 2.05) is 6.92 Å². The van der Waals surface area contributed by atoms with Crippen molar-refractivity contribution in [1.82, 2.24) is 5.32 Å². The maximum atomic E-state index is 12.1. The highest BCUT2D eigenvalue weighted by molar-refractivity contribution is 5.85. The zero-order valence-corrected chi connectivity index (χ0v) is 10.5. The summed E-state index contributed by atoms with van der Waals surface area (Å²) in [5.41, 5.74) is 0. The molecule has 2 rings (SSSR count). The van der Waals surface area contributed by atoms with Crippen molar-refractivity contribution in [1.29, 1.82) is 0 Å². The van der Waals surface area contributed by atoms with Gasteiger partial charge in [-0.15, -0.1) is 0 Å². The Bertz CT molecular complexity index is 400. The third-order valence-corrected chi connectivity index (χ3v) is 3.84. The van der Waals surface area contributed by atoms with Gasteiger partial charge in [0.1, 0.15) is 6.04 Å². The number of nitrogens with one attached hydrogen (secondary N) is 1. The molecule has 0 aliphatic heterocycles. The summed E-state index contributed by atoms with van der Waals surface area (Å²) in [4.78, 5) is 23.1. The van der Waals surface area contributed by atoms with E-state index in [1.54, 1.807) is 12.2 Å². The highest BCUT2D eigenvalue weighted by Crippen LogP contribution is 2.43. The molecular weight excluding hydrogens is 230 g/mol. The molecular formula is C14H19NO3. The molecule has 0 spiro atoms. The second kappa shape index (κ2) is 5.38. The SMILES string of the molecule is C/C=C/CC(NC(=O)C1CC2C=CC1C2)C(=O)O. The van der Waals surface area contributed by atoms with Crippen LogP contribution in [0.25, 0.3) is 0 Å². The number of carboxylic acids is 1. The van der Waals surface area contributed by atoms with Gasteiger partial charge in [-0.25, -0.2) is 4.79 Å². The Balaban J connectivity index is 1.93. The van der Waals surface area contributed by atoms with Gasteiger partial charge in [0.25, 0.3) is 0 Å². The molecule has 2 aliphatic carbocycles. The van der Waals surface area contributed by atoms with Gasteiger partial charge in [-0.3, -0.25) is 4.79 Å². The molecule has 18 heavy (non-hydrogen) atoms. The van der Waals surface area contributed by atoms with E-state index >= 15 is 0 Å². The van der Waals surface area contributed by atoms with Crippen molar-refractivity contribution in [2.24, 2.45) is 17.8 Å². The zero-order chi connectivity index (χ0) is 13.1. The van der Waals surface area contributed by atoms with Crippen LogP contribution >= 0.6 is 0 Å². The van der Waals surface area contributed by atoms with Gasteiger partial charge in [-0.2, -0.15) is 0 Å². The number of amides is 1. The number of hydrogen-bond acceptors (Lipinski definition) is 2. The molecule has 0 radical (unpaired) electrons. The van der Waals surface area contributed by atoms with Crippen LogP contribution in [0.2, 0.25) is 0 Å². The standard InChI is InChI=1S/C14H19NO3/c1-2-3-4-12(14(17)18)15-13(16)11-8-9-5-6-10(11)7-9/h2-3,5-6,9-12H,4,7-8H2,1H3,(H,15,16)(H,17,18)/b3-2+. The van der Waals surface area contributed by atoms with E-state index < -0.39 is 12.0 Å². The summed E-state index contributed by atoms with van der Waals surface area (Å²) in [6.45, 7) is 1.83. The molecule has 4 atom stereocenters. The number of allylic oxidation sites excluding steroid dienone is 3. The third kappa shape index (κ3) is 2.63. The van der Waals surface area contributed by atoms with Gasteiger partial charge < -0.3 is 10.4 Å². The van der Waals surface area contributed by atoms with E-state index in [4.69, 9.17) is 5.11 Å². The van der Waals surface area contributed by atoms with Crippen molar-refractivity contribution >= 4 is 11.9 Å². The monoisotopic (exact) mass is 249 g/mol. The second-order valence-electron chi connectivity index (χ2n) is 5.09. The largest absolute Gasteiger partial charge is 0.480 e. The van der Waals surface area contributed by atoms with Crippen LogP contribution < -0.4 is 5.32 Å². The lowest BCUT2D eigenvalue weighted by molar-refractivity contribution is -0.142. The maximum Gasteiger partial charge on any atom is 0.326 e. The third-order valence-electron chi connectivity index (χ3n) is 3.84. The van der Waals surface area contributed by atoms with Crippen LogP contribution in [0.1, 0.15) is 26.2 Å². The minimum absolute atomic E-state index is 0.0348. The number of carbonyl (C=O) groups excluding carboxylic acids is 1. The van der Waals surface area contributed by atoms with Crippen molar-refractivity contribution in [3.8, 4) is 0 Å². The summed E-state index contributed by atoms with van der Waals surface area (Å²) in [5, 5.41) is 11.7. The van der Waals surface area contributed by atoms with Crippen molar-refractivity contribution in [3.05, 3.63) is 24.3 Å². The fraction of sp³-hybridized carbons (Fsp3) is 0.571. The van der Waals surface area contributed by atoms with Gasteiger partial charge in [0.05, 0.1) is 0 Å². The lowest BCUT2D eigenvalue weighted by atomic mass is 9.92. The summed E-state index contributed by atoms with van der Waals surface area (Å²) in [6, 6.07) is -0.809. The van der Waals surface area contributed by atoms with Crippen LogP contribution in [0.4, 0.5) is 0 Å². The highest BCUT2D eigenvalue weighted by Gasteiger charge is 2.40. The highest BCUT2D eigenvalue weighted by atomic mass is 16.4. The van der Waals surface area contributed by atoms with E-state index in [0.29, 0.717) is 18.3 Å². The van der Waals surface area contributed by atoms with Crippen LogP contribution in [-0.2, 0) is 9.59 Å². The zero-order valence-electron chi connectivity index (χ0n) is 10.5. The Kier molecular flexibility index (Phi) is 3.84. The fourth-order valence-corrected chi connectivity index (χ4v) is 2.85. The summed E-state index contributed by atoms with van der Waals surface area (Å²) in [7, 11) is 0. The number of fused-ring (bicyclic) bond motifs is 2. The Morgan fingerprint density at radius 1 is 1.44 bits per heavy atom. The summed E-state index contributed by atoms with van der Waals surface area (Å²) >= 11 is 0. The first kappa shape index (κ1) is 12.9. The normalized spacial score (nSPS) is 30.8. The van der Waals surface area contributed by atoms with E-state index in [1.165, 1.54) is 0 Å². The molecule has 2 bridgehead atoms. The van der Waals surface area contributed by atoms with Crippen LogP contribution in [0, 0.1) is 17.8 Å². The number of hydrogen-bond donors (Lipinski definition) is 2. The smallest absolute Gasteiger partial charge is 0.326 e. The van der Waals surface area contributed by atoms with E-state index in [9.17, 15) is 9.59 Å². The molecule has 0 aromatic heterocycles. The van der Waals surface area contributed by atoms with Crippen LogP contribution in [0.5, 0.6) is 0 Å². The van der Waals surface area contributed by atoms with Gasteiger partial charge in [0.15, 0.2) is 0 Å². The van der Waals surface area contributed by atoms with Crippen LogP contribution in [-0.4, -0.2) is 23.0 Å². The first-order valence-corrected chi connectivity index (χ1v) is 6.44.